The maximum absolute atomic E-state index is 5.02. The predicted octanol–water partition coefficient (Wildman–Crippen LogP) is 13.5. The van der Waals surface area contributed by atoms with E-state index >= 15 is 0 Å². The van der Waals surface area contributed by atoms with Crippen molar-refractivity contribution >= 4 is 52.2 Å². The average molecular weight is 771 g/mol. The van der Waals surface area contributed by atoms with Crippen LogP contribution in [0.2, 0.25) is 20.2 Å². The normalized spacial score (nSPS) is 13.3. The molecule has 0 radical (unpaired) electrons. The number of hydrogen-bond acceptors (Lipinski definition) is 6. The lowest BCUT2D eigenvalue weighted by atomic mass is 10.1. The number of nitrogens with zero attached hydrogens (tertiary/aromatic N) is 6. The Morgan fingerprint density at radius 1 is 0.316 bits per heavy atom. The highest BCUT2D eigenvalue weighted by molar-refractivity contribution is 6.90. The van der Waals surface area contributed by atoms with Crippen LogP contribution in [0.25, 0.3) is 89.7 Å². The van der Waals surface area contributed by atoms with E-state index in [1.165, 1.54) is 0 Å². The van der Waals surface area contributed by atoms with Gasteiger partial charge >= 0.3 is 0 Å². The van der Waals surface area contributed by atoms with Gasteiger partial charge in [-0.25, -0.2) is 29.9 Å². The molecule has 8 nitrogen and oxygen atoms in total. The summed E-state index contributed by atoms with van der Waals surface area (Å²) in [7, 11) is -1.60. The van der Waals surface area contributed by atoms with Crippen LogP contribution < -0.4 is 0 Å². The minimum Gasteiger partial charge on any atom is -0.324 e. The van der Waals surface area contributed by atoms with Gasteiger partial charge in [-0.3, -0.25) is 0 Å². The Balaban J connectivity index is 0.000000229. The molecule has 0 atom stereocenters. The topological polar surface area (TPSA) is 109 Å². The molecule has 0 saturated carbocycles. The number of aromatic nitrogens is 8. The van der Waals surface area contributed by atoms with E-state index in [1.807, 2.05) is 97.1 Å². The van der Waals surface area contributed by atoms with Crippen molar-refractivity contribution in [3.05, 3.63) is 97.1 Å². The first-order valence-electron chi connectivity index (χ1n) is 20.0. The highest BCUT2D eigenvalue weighted by atomic mass is 28.3. The fourth-order valence-electron chi connectivity index (χ4n) is 12.3. The first kappa shape index (κ1) is 38.3. The standard InChI is InChI=1S/C32H18N8.C16H36Si/c1-2-10-18-17(9-1)25-33-26(18)38-28-21-13-5-6-14-22(21)30(35-28)40-32-24-16-8-7-15-23(24)31(36-32)39-29-20-12-4-3-11-19(20)27(34-29)37-25;1-13(2,3)17(14(4,5)6,15(7,8)9)16(10,11)12/h1-16H,(H2,33,34,35,36,37,38,39,40);1-12H3. The van der Waals surface area contributed by atoms with Crippen LogP contribution in [-0.4, -0.2) is 47.9 Å². The summed E-state index contributed by atoms with van der Waals surface area (Å²) >= 11 is 0. The molecule has 0 fully saturated rings. The van der Waals surface area contributed by atoms with Gasteiger partial charge in [0.2, 0.25) is 0 Å². The molecule has 0 amide bonds. The maximum atomic E-state index is 5.02. The summed E-state index contributed by atoms with van der Waals surface area (Å²) in [6, 6.07) is 32.2. The van der Waals surface area contributed by atoms with Gasteiger partial charge in [0.15, 0.2) is 23.3 Å². The monoisotopic (exact) mass is 770 g/mol. The molecular weight excluding hydrogens is 717 g/mol. The van der Waals surface area contributed by atoms with Gasteiger partial charge in [-0.15, -0.1) is 0 Å². The van der Waals surface area contributed by atoms with Gasteiger partial charge in [-0.2, -0.15) is 0 Å². The molecule has 290 valence electrons. The molecule has 2 aliphatic rings. The van der Waals surface area contributed by atoms with Gasteiger partial charge < -0.3 is 9.97 Å². The lowest BCUT2D eigenvalue weighted by Gasteiger charge is -2.66. The molecule has 0 unspecified atom stereocenters. The zero-order valence-corrected chi connectivity index (χ0v) is 36.4. The first-order chi connectivity index (χ1) is 26.8. The lowest BCUT2D eigenvalue weighted by molar-refractivity contribution is 0.467. The summed E-state index contributed by atoms with van der Waals surface area (Å²) in [5.41, 5.74) is 6.45. The molecule has 9 heteroatoms. The third kappa shape index (κ3) is 6.18. The number of benzene rings is 4. The van der Waals surface area contributed by atoms with Gasteiger partial charge in [0.25, 0.3) is 0 Å². The number of fused-ring (bicyclic) bond motifs is 20. The zero-order chi connectivity index (χ0) is 40.7. The summed E-state index contributed by atoms with van der Waals surface area (Å²) in [4.78, 5) is 36.8. The van der Waals surface area contributed by atoms with Crippen LogP contribution in [-0.2, 0) is 0 Å². The minimum absolute atomic E-state index is 0.405. The SMILES string of the molecule is CC(C)(C)[Si](C(C)(C)C)(C(C)(C)C)C(C)(C)C.c1ccc2c(c1)-c1nc-2nc2[nH]c(nc3nc(nc4[nH]c(n1)c1ccccc41)-c1ccccc1-3)c1ccccc21. The molecule has 5 heterocycles. The van der Waals surface area contributed by atoms with E-state index < -0.39 is 8.07 Å². The smallest absolute Gasteiger partial charge is 0.164 e. The van der Waals surface area contributed by atoms with Gasteiger partial charge in [0.1, 0.15) is 22.6 Å². The summed E-state index contributed by atoms with van der Waals surface area (Å²) in [5, 5.41) is 5.44. The molecule has 7 aromatic rings. The van der Waals surface area contributed by atoms with Crippen molar-refractivity contribution in [1.82, 2.24) is 39.9 Å². The zero-order valence-electron chi connectivity index (χ0n) is 35.4. The van der Waals surface area contributed by atoms with Crippen LogP contribution in [0, 0.1) is 0 Å². The van der Waals surface area contributed by atoms with Crippen molar-refractivity contribution in [3.63, 3.8) is 0 Å². The van der Waals surface area contributed by atoms with E-state index in [1.54, 1.807) is 0 Å². The minimum atomic E-state index is -1.60. The second-order valence-corrected chi connectivity index (χ2v) is 27.0. The number of H-pyrrole nitrogens is 2. The van der Waals surface area contributed by atoms with Crippen LogP contribution in [0.15, 0.2) is 97.1 Å². The predicted molar refractivity (Wildman–Crippen MR) is 241 cm³/mol. The highest BCUT2D eigenvalue weighted by Crippen LogP contribution is 2.70. The Labute approximate surface area is 336 Å². The summed E-state index contributed by atoms with van der Waals surface area (Å²) < 4.78 is 0. The average Bonchev–Trinajstić information content (AvgIpc) is 3.85. The molecule has 9 rings (SSSR count). The fourth-order valence-corrected chi connectivity index (χ4v) is 25.8. The largest absolute Gasteiger partial charge is 0.324 e. The molecule has 3 aromatic heterocycles. The molecule has 2 N–H and O–H groups in total. The quantitative estimate of drug-likeness (QED) is 0.149. The second-order valence-electron chi connectivity index (χ2n) is 19.5. The van der Waals surface area contributed by atoms with Crippen LogP contribution in [0.3, 0.4) is 0 Å². The van der Waals surface area contributed by atoms with Crippen LogP contribution in [0.5, 0.6) is 0 Å². The molecular formula is C48H54N8Si. The molecule has 57 heavy (non-hydrogen) atoms. The lowest BCUT2D eigenvalue weighted by Crippen LogP contribution is -2.63. The van der Waals surface area contributed by atoms with E-state index in [9.17, 15) is 0 Å². The Hall–Kier alpha value is -5.54. The third-order valence-electron chi connectivity index (χ3n) is 12.0. The van der Waals surface area contributed by atoms with Crippen molar-refractivity contribution < 1.29 is 0 Å². The van der Waals surface area contributed by atoms with Crippen molar-refractivity contribution in [2.75, 3.05) is 0 Å². The van der Waals surface area contributed by atoms with Gasteiger partial charge in [-0.05, 0) is 20.2 Å². The van der Waals surface area contributed by atoms with Crippen molar-refractivity contribution in [1.29, 1.82) is 0 Å². The Morgan fingerprint density at radius 2 is 0.526 bits per heavy atom. The van der Waals surface area contributed by atoms with Crippen LogP contribution in [0.1, 0.15) is 83.1 Å². The van der Waals surface area contributed by atoms with Crippen molar-refractivity contribution in [2.45, 2.75) is 103 Å². The Kier molecular flexibility index (Phi) is 8.92. The van der Waals surface area contributed by atoms with E-state index in [4.69, 9.17) is 29.9 Å². The molecule has 4 aromatic carbocycles. The number of nitrogens with one attached hydrogen (secondary N) is 2. The van der Waals surface area contributed by atoms with Gasteiger partial charge in [0, 0.05) is 43.8 Å². The number of hydrogen-bond donors (Lipinski definition) is 2. The van der Waals surface area contributed by atoms with Crippen molar-refractivity contribution in [3.8, 4) is 45.6 Å². The molecule has 0 saturated heterocycles. The summed E-state index contributed by atoms with van der Waals surface area (Å²) in [6.45, 7) is 29.7. The Bertz CT molecular complexity index is 2470. The fraction of sp³-hybridized carbons (Fsp3) is 0.333. The third-order valence-corrected chi connectivity index (χ3v) is 21.0. The summed E-state index contributed by atoms with van der Waals surface area (Å²) in [6.07, 6.45) is 0. The maximum Gasteiger partial charge on any atom is 0.164 e. The van der Waals surface area contributed by atoms with Crippen molar-refractivity contribution in [2.24, 2.45) is 0 Å². The summed E-state index contributed by atoms with van der Waals surface area (Å²) in [5.74, 6) is 2.39. The van der Waals surface area contributed by atoms with Gasteiger partial charge in [0.05, 0.1) is 8.07 Å². The van der Waals surface area contributed by atoms with E-state index in [0.717, 1.165) is 43.8 Å². The molecule has 0 spiro atoms. The van der Waals surface area contributed by atoms with Crippen LogP contribution >= 0.6 is 0 Å². The van der Waals surface area contributed by atoms with Gasteiger partial charge in [-0.1, -0.05) is 180 Å². The molecule has 8 bridgehead atoms. The van der Waals surface area contributed by atoms with Crippen LogP contribution in [0.4, 0.5) is 0 Å². The number of rotatable bonds is 0. The Morgan fingerprint density at radius 3 is 0.719 bits per heavy atom. The second kappa shape index (κ2) is 13.3. The van der Waals surface area contributed by atoms with E-state index in [2.05, 4.69) is 93.1 Å². The number of aromatic amines is 2. The van der Waals surface area contributed by atoms with E-state index in [0.29, 0.717) is 66.0 Å². The highest BCUT2D eigenvalue weighted by Gasteiger charge is 2.64. The first-order valence-corrected chi connectivity index (χ1v) is 22.0. The molecule has 0 aliphatic carbocycles. The molecule has 2 aliphatic heterocycles. The van der Waals surface area contributed by atoms with E-state index in [-0.39, 0.29) is 0 Å².